The summed E-state index contributed by atoms with van der Waals surface area (Å²) in [6, 6.07) is 19.0. The minimum Gasteiger partial charge on any atom is -0.353 e. The average Bonchev–Trinajstić information content (AvgIpc) is 2.81. The molecule has 4 rings (SSSR count). The Morgan fingerprint density at radius 3 is 2.72 bits per heavy atom. The van der Waals surface area contributed by atoms with Crippen LogP contribution in [-0.2, 0) is 22.4 Å². The summed E-state index contributed by atoms with van der Waals surface area (Å²) in [5, 5.41) is 3.59. The van der Waals surface area contributed by atoms with E-state index in [1.54, 1.807) is 17.3 Å². The summed E-state index contributed by atoms with van der Waals surface area (Å²) in [5.41, 5.74) is 4.13. The van der Waals surface area contributed by atoms with Gasteiger partial charge in [-0.05, 0) is 52.9 Å². The van der Waals surface area contributed by atoms with Crippen LogP contribution in [0.4, 0.5) is 0 Å². The van der Waals surface area contributed by atoms with E-state index in [2.05, 4.69) is 10.3 Å². The van der Waals surface area contributed by atoms with E-state index in [4.69, 9.17) is 11.6 Å². The Morgan fingerprint density at radius 2 is 1.94 bits per heavy atom. The zero-order chi connectivity index (χ0) is 22.5. The Labute approximate surface area is 193 Å². The topological polar surface area (TPSA) is 62.3 Å². The van der Waals surface area contributed by atoms with Gasteiger partial charge in [-0.1, -0.05) is 54.9 Å². The van der Waals surface area contributed by atoms with Gasteiger partial charge >= 0.3 is 0 Å². The van der Waals surface area contributed by atoms with Crippen molar-refractivity contribution in [3.63, 3.8) is 0 Å². The number of hydrogen-bond acceptors (Lipinski definition) is 3. The SMILES string of the molecule is C[C@@H](Cc1cccc(Cl)c1)C(=O)N1CCNC(=O)[C@@H]1Cc1ccccc1-c1ccncc1. The minimum absolute atomic E-state index is 0.00813. The number of rotatable bonds is 6. The van der Waals surface area contributed by atoms with Gasteiger partial charge in [0, 0.05) is 42.8 Å². The first-order chi connectivity index (χ1) is 15.5. The van der Waals surface area contributed by atoms with Gasteiger partial charge in [-0.3, -0.25) is 14.6 Å². The number of piperazine rings is 1. The molecular formula is C26H26ClN3O2. The molecule has 0 aliphatic carbocycles. The standard InChI is InChI=1S/C26H26ClN3O2/c1-18(15-19-5-4-7-22(27)16-19)26(32)30-14-13-29-25(31)24(30)17-21-6-2-3-8-23(21)20-9-11-28-12-10-20/h2-12,16,18,24H,13-15,17H2,1H3,(H,29,31)/t18-,24-/m0/s1. The van der Waals surface area contributed by atoms with Crippen molar-refractivity contribution in [2.45, 2.75) is 25.8 Å². The number of pyridine rings is 1. The first-order valence-electron chi connectivity index (χ1n) is 10.8. The van der Waals surface area contributed by atoms with E-state index in [1.807, 2.05) is 67.6 Å². The molecule has 0 radical (unpaired) electrons. The summed E-state index contributed by atoms with van der Waals surface area (Å²) in [6.45, 7) is 2.89. The predicted octanol–water partition coefficient (Wildman–Crippen LogP) is 4.15. The number of nitrogens with one attached hydrogen (secondary N) is 1. The predicted molar refractivity (Wildman–Crippen MR) is 126 cm³/mol. The van der Waals surface area contributed by atoms with Gasteiger partial charge in [-0.15, -0.1) is 0 Å². The van der Waals surface area contributed by atoms with E-state index in [0.717, 1.165) is 22.3 Å². The van der Waals surface area contributed by atoms with Crippen LogP contribution in [-0.4, -0.2) is 40.8 Å². The highest BCUT2D eigenvalue weighted by Crippen LogP contribution is 2.26. The number of aromatic nitrogens is 1. The fourth-order valence-electron chi connectivity index (χ4n) is 4.29. The molecule has 1 N–H and O–H groups in total. The Morgan fingerprint density at radius 1 is 1.16 bits per heavy atom. The van der Waals surface area contributed by atoms with E-state index in [1.165, 1.54) is 0 Å². The normalized spacial score (nSPS) is 17.0. The Balaban J connectivity index is 1.56. The molecule has 5 nitrogen and oxygen atoms in total. The highest BCUT2D eigenvalue weighted by atomic mass is 35.5. The smallest absolute Gasteiger partial charge is 0.243 e. The maximum atomic E-state index is 13.4. The molecule has 0 spiro atoms. The van der Waals surface area contributed by atoms with Crippen molar-refractivity contribution in [1.82, 2.24) is 15.2 Å². The molecule has 2 heterocycles. The van der Waals surface area contributed by atoms with Gasteiger partial charge in [0.15, 0.2) is 0 Å². The van der Waals surface area contributed by atoms with Crippen LogP contribution in [0.2, 0.25) is 5.02 Å². The maximum Gasteiger partial charge on any atom is 0.243 e. The molecular weight excluding hydrogens is 422 g/mol. The van der Waals surface area contributed by atoms with Crippen LogP contribution in [0.3, 0.4) is 0 Å². The molecule has 2 aromatic carbocycles. The molecule has 1 saturated heterocycles. The van der Waals surface area contributed by atoms with Crippen LogP contribution in [0.25, 0.3) is 11.1 Å². The minimum atomic E-state index is -0.541. The Bertz CT molecular complexity index is 1100. The lowest BCUT2D eigenvalue weighted by Crippen LogP contribution is -2.59. The number of carbonyl (C=O) groups is 2. The van der Waals surface area contributed by atoms with Crippen LogP contribution in [0.5, 0.6) is 0 Å². The summed E-state index contributed by atoms with van der Waals surface area (Å²) >= 11 is 6.10. The zero-order valence-corrected chi connectivity index (χ0v) is 18.8. The highest BCUT2D eigenvalue weighted by molar-refractivity contribution is 6.30. The quantitative estimate of drug-likeness (QED) is 0.617. The van der Waals surface area contributed by atoms with Crippen molar-refractivity contribution in [2.24, 2.45) is 5.92 Å². The average molecular weight is 448 g/mol. The van der Waals surface area contributed by atoms with E-state index < -0.39 is 6.04 Å². The second-order valence-electron chi connectivity index (χ2n) is 8.17. The summed E-state index contributed by atoms with van der Waals surface area (Å²) in [6.07, 6.45) is 4.55. The van der Waals surface area contributed by atoms with Crippen molar-refractivity contribution in [2.75, 3.05) is 13.1 Å². The zero-order valence-electron chi connectivity index (χ0n) is 18.0. The molecule has 6 heteroatoms. The lowest BCUT2D eigenvalue weighted by atomic mass is 9.92. The van der Waals surface area contributed by atoms with Crippen LogP contribution >= 0.6 is 11.6 Å². The van der Waals surface area contributed by atoms with Crippen molar-refractivity contribution in [3.8, 4) is 11.1 Å². The fourth-order valence-corrected chi connectivity index (χ4v) is 4.50. The van der Waals surface area contributed by atoms with Gasteiger partial charge < -0.3 is 10.2 Å². The van der Waals surface area contributed by atoms with Crippen molar-refractivity contribution < 1.29 is 9.59 Å². The van der Waals surface area contributed by atoms with E-state index >= 15 is 0 Å². The lowest BCUT2D eigenvalue weighted by molar-refractivity contribution is -0.145. The van der Waals surface area contributed by atoms with Crippen LogP contribution in [0.1, 0.15) is 18.1 Å². The summed E-state index contributed by atoms with van der Waals surface area (Å²) < 4.78 is 0. The van der Waals surface area contributed by atoms with Crippen molar-refractivity contribution in [3.05, 3.63) is 89.2 Å². The fraction of sp³-hybridized carbons (Fsp3) is 0.269. The van der Waals surface area contributed by atoms with Crippen LogP contribution < -0.4 is 5.32 Å². The number of benzene rings is 2. The molecule has 0 bridgehead atoms. The third kappa shape index (κ3) is 5.00. The summed E-state index contributed by atoms with van der Waals surface area (Å²) in [4.78, 5) is 32.1. The third-order valence-electron chi connectivity index (χ3n) is 5.89. The van der Waals surface area contributed by atoms with Gasteiger partial charge in [-0.2, -0.15) is 0 Å². The van der Waals surface area contributed by atoms with Gasteiger partial charge in [0.2, 0.25) is 11.8 Å². The highest BCUT2D eigenvalue weighted by Gasteiger charge is 2.35. The number of hydrogen-bond donors (Lipinski definition) is 1. The monoisotopic (exact) mass is 447 g/mol. The molecule has 2 amide bonds. The van der Waals surface area contributed by atoms with Crippen molar-refractivity contribution in [1.29, 1.82) is 0 Å². The first-order valence-corrected chi connectivity index (χ1v) is 11.2. The summed E-state index contributed by atoms with van der Waals surface area (Å²) in [5.74, 6) is -0.368. The first kappa shape index (κ1) is 22.0. The molecule has 0 saturated carbocycles. The van der Waals surface area contributed by atoms with Gasteiger partial charge in [-0.25, -0.2) is 0 Å². The van der Waals surface area contributed by atoms with Crippen molar-refractivity contribution >= 4 is 23.4 Å². The van der Waals surface area contributed by atoms with E-state index in [0.29, 0.717) is 31.0 Å². The number of carbonyl (C=O) groups excluding carboxylic acids is 2. The summed E-state index contributed by atoms with van der Waals surface area (Å²) in [7, 11) is 0. The molecule has 0 unspecified atom stereocenters. The molecule has 3 aromatic rings. The second-order valence-corrected chi connectivity index (χ2v) is 8.61. The number of nitrogens with zero attached hydrogens (tertiary/aromatic N) is 2. The van der Waals surface area contributed by atoms with Gasteiger partial charge in [0.1, 0.15) is 6.04 Å². The molecule has 164 valence electrons. The molecule has 2 atom stereocenters. The third-order valence-corrected chi connectivity index (χ3v) is 6.12. The Hall–Kier alpha value is -3.18. The number of halogens is 1. The molecule has 1 aromatic heterocycles. The second kappa shape index (κ2) is 9.96. The van der Waals surface area contributed by atoms with Gasteiger partial charge in [0.25, 0.3) is 0 Å². The van der Waals surface area contributed by atoms with E-state index in [-0.39, 0.29) is 17.7 Å². The van der Waals surface area contributed by atoms with E-state index in [9.17, 15) is 9.59 Å². The maximum absolute atomic E-state index is 13.4. The lowest BCUT2D eigenvalue weighted by Gasteiger charge is -2.37. The van der Waals surface area contributed by atoms with Gasteiger partial charge in [0.05, 0.1) is 0 Å². The number of amides is 2. The largest absolute Gasteiger partial charge is 0.353 e. The molecule has 1 fully saturated rings. The Kier molecular flexibility index (Phi) is 6.86. The molecule has 32 heavy (non-hydrogen) atoms. The molecule has 1 aliphatic heterocycles. The van der Waals surface area contributed by atoms with Crippen LogP contribution in [0, 0.1) is 5.92 Å². The molecule has 1 aliphatic rings. The van der Waals surface area contributed by atoms with Crippen LogP contribution in [0.15, 0.2) is 73.1 Å².